The van der Waals surface area contributed by atoms with E-state index in [-0.39, 0.29) is 5.78 Å². The van der Waals surface area contributed by atoms with Crippen molar-refractivity contribution in [1.82, 2.24) is 5.32 Å². The molecule has 1 amide bonds. The van der Waals surface area contributed by atoms with Crippen molar-refractivity contribution in [2.75, 3.05) is 0 Å². The zero-order chi connectivity index (χ0) is 12.6. The topological polar surface area (TPSA) is 66.4 Å². The lowest BCUT2D eigenvalue weighted by molar-refractivity contribution is -0.117. The molecule has 0 aromatic carbocycles. The minimum Gasteiger partial charge on any atom is -0.465 e. The second kappa shape index (κ2) is 4.51. The van der Waals surface area contributed by atoms with Crippen LogP contribution in [0.2, 0.25) is 0 Å². The van der Waals surface area contributed by atoms with Gasteiger partial charge in [0.25, 0.3) is 0 Å². The fraction of sp³-hybridized carbons (Fsp3) is 0.692. The second-order valence-corrected chi connectivity index (χ2v) is 5.48. The van der Waals surface area contributed by atoms with Gasteiger partial charge in [-0.1, -0.05) is 6.58 Å². The van der Waals surface area contributed by atoms with Crippen LogP contribution in [0.4, 0.5) is 4.79 Å². The standard InChI is InChI=1S/C13H19NO3/c1-7(2)12(15)11(14-13(16)17)5-8-3-9-6-10(9)4-8/h8-11,14H,1,3-6H2,2H3,(H,16,17)/t8?,9-,10+,11-/m0/s1. The third kappa shape index (κ3) is 2.87. The van der Waals surface area contributed by atoms with Crippen molar-refractivity contribution in [3.8, 4) is 0 Å². The van der Waals surface area contributed by atoms with E-state index in [1.807, 2.05) is 0 Å². The van der Waals surface area contributed by atoms with Crippen LogP contribution in [0, 0.1) is 17.8 Å². The summed E-state index contributed by atoms with van der Waals surface area (Å²) in [6, 6.07) is -0.604. The van der Waals surface area contributed by atoms with Gasteiger partial charge in [0.05, 0.1) is 6.04 Å². The molecule has 94 valence electrons. The van der Waals surface area contributed by atoms with Gasteiger partial charge in [-0.2, -0.15) is 0 Å². The molecule has 4 nitrogen and oxygen atoms in total. The summed E-state index contributed by atoms with van der Waals surface area (Å²) in [7, 11) is 0. The van der Waals surface area contributed by atoms with Crippen molar-refractivity contribution in [3.05, 3.63) is 12.2 Å². The van der Waals surface area contributed by atoms with Crippen LogP contribution in [0.15, 0.2) is 12.2 Å². The van der Waals surface area contributed by atoms with Crippen molar-refractivity contribution >= 4 is 11.9 Å². The first-order valence-corrected chi connectivity index (χ1v) is 6.16. The molecule has 0 spiro atoms. The predicted molar refractivity (Wildman–Crippen MR) is 63.7 cm³/mol. The third-order valence-electron chi connectivity index (χ3n) is 3.95. The summed E-state index contributed by atoms with van der Waals surface area (Å²) in [5.41, 5.74) is 0.423. The average molecular weight is 237 g/mol. The van der Waals surface area contributed by atoms with Crippen LogP contribution in [0.5, 0.6) is 0 Å². The van der Waals surface area contributed by atoms with Crippen LogP contribution in [0.3, 0.4) is 0 Å². The Balaban J connectivity index is 1.92. The molecule has 0 saturated heterocycles. The van der Waals surface area contributed by atoms with Gasteiger partial charge in [0.1, 0.15) is 0 Å². The molecule has 17 heavy (non-hydrogen) atoms. The van der Waals surface area contributed by atoms with Gasteiger partial charge >= 0.3 is 6.09 Å². The van der Waals surface area contributed by atoms with E-state index in [0.717, 1.165) is 24.7 Å². The smallest absolute Gasteiger partial charge is 0.405 e. The number of amides is 1. The normalized spacial score (nSPS) is 31.5. The average Bonchev–Trinajstić information content (AvgIpc) is 2.84. The SMILES string of the molecule is C=C(C)C(=O)[C@H](CC1C[C@@H]2C[C@@H]2C1)NC(=O)O. The van der Waals surface area contributed by atoms with Crippen molar-refractivity contribution in [1.29, 1.82) is 0 Å². The molecule has 0 aromatic rings. The molecular weight excluding hydrogens is 218 g/mol. The van der Waals surface area contributed by atoms with Crippen molar-refractivity contribution < 1.29 is 14.7 Å². The van der Waals surface area contributed by atoms with Crippen molar-refractivity contribution in [3.63, 3.8) is 0 Å². The van der Waals surface area contributed by atoms with Gasteiger partial charge < -0.3 is 10.4 Å². The van der Waals surface area contributed by atoms with E-state index >= 15 is 0 Å². The molecule has 2 rings (SSSR count). The van der Waals surface area contributed by atoms with Gasteiger partial charge in [-0.15, -0.1) is 0 Å². The Morgan fingerprint density at radius 3 is 2.41 bits per heavy atom. The number of nitrogens with one attached hydrogen (secondary N) is 1. The van der Waals surface area contributed by atoms with Crippen LogP contribution in [-0.2, 0) is 4.79 Å². The molecule has 0 aromatic heterocycles. The van der Waals surface area contributed by atoms with Crippen molar-refractivity contribution in [2.24, 2.45) is 17.8 Å². The molecule has 2 aliphatic rings. The minimum absolute atomic E-state index is 0.173. The molecular formula is C13H19NO3. The van der Waals surface area contributed by atoms with E-state index in [9.17, 15) is 9.59 Å². The fourth-order valence-electron chi connectivity index (χ4n) is 3.04. The van der Waals surface area contributed by atoms with E-state index in [0.29, 0.717) is 17.9 Å². The summed E-state index contributed by atoms with van der Waals surface area (Å²) < 4.78 is 0. The highest BCUT2D eigenvalue weighted by Gasteiger charge is 2.46. The maximum absolute atomic E-state index is 11.8. The molecule has 4 heteroatoms. The number of carbonyl (C=O) groups is 2. The number of hydrogen-bond acceptors (Lipinski definition) is 2. The summed E-state index contributed by atoms with van der Waals surface area (Å²) in [5.74, 6) is 2.03. The number of hydrogen-bond donors (Lipinski definition) is 2. The lowest BCUT2D eigenvalue weighted by Gasteiger charge is -2.20. The summed E-state index contributed by atoms with van der Waals surface area (Å²) in [4.78, 5) is 22.5. The highest BCUT2D eigenvalue weighted by molar-refractivity contribution is 5.99. The number of carbonyl (C=O) groups excluding carboxylic acids is 1. The van der Waals surface area contributed by atoms with Crippen LogP contribution in [0.1, 0.15) is 32.6 Å². The first-order valence-electron chi connectivity index (χ1n) is 6.16. The van der Waals surface area contributed by atoms with E-state index in [4.69, 9.17) is 5.11 Å². The van der Waals surface area contributed by atoms with E-state index in [1.165, 1.54) is 6.42 Å². The zero-order valence-corrected chi connectivity index (χ0v) is 10.1. The summed E-state index contributed by atoms with van der Waals surface area (Å²) in [6.07, 6.45) is 3.15. The van der Waals surface area contributed by atoms with Gasteiger partial charge in [0.15, 0.2) is 5.78 Å². The molecule has 2 aliphatic carbocycles. The fourth-order valence-corrected chi connectivity index (χ4v) is 3.04. The number of Topliss-reactive ketones (excluding diaryl/α,β-unsaturated/α-hetero) is 1. The highest BCUT2D eigenvalue weighted by Crippen LogP contribution is 2.55. The van der Waals surface area contributed by atoms with Gasteiger partial charge in [-0.25, -0.2) is 4.79 Å². The molecule has 4 atom stereocenters. The first-order chi connectivity index (χ1) is 7.97. The Hall–Kier alpha value is -1.32. The molecule has 0 bridgehead atoms. The second-order valence-electron chi connectivity index (χ2n) is 5.48. The zero-order valence-electron chi connectivity index (χ0n) is 10.1. The Bertz CT molecular complexity index is 354. The Labute approximate surface area is 101 Å². The molecule has 0 aliphatic heterocycles. The summed E-state index contributed by atoms with van der Waals surface area (Å²) in [5, 5.41) is 11.1. The van der Waals surface area contributed by atoms with E-state index < -0.39 is 12.1 Å². The molecule has 0 radical (unpaired) electrons. The van der Waals surface area contributed by atoms with Gasteiger partial charge in [0.2, 0.25) is 0 Å². The lowest BCUT2D eigenvalue weighted by atomic mass is 9.91. The molecule has 2 saturated carbocycles. The molecule has 2 fully saturated rings. The Morgan fingerprint density at radius 1 is 1.35 bits per heavy atom. The lowest BCUT2D eigenvalue weighted by Crippen LogP contribution is -2.41. The summed E-state index contributed by atoms with van der Waals surface area (Å²) >= 11 is 0. The quantitative estimate of drug-likeness (QED) is 0.720. The summed E-state index contributed by atoms with van der Waals surface area (Å²) in [6.45, 7) is 5.23. The Morgan fingerprint density at radius 2 is 1.94 bits per heavy atom. The number of ketones is 1. The van der Waals surface area contributed by atoms with E-state index in [2.05, 4.69) is 11.9 Å². The largest absolute Gasteiger partial charge is 0.465 e. The first kappa shape index (κ1) is 12.1. The van der Waals surface area contributed by atoms with Crippen molar-refractivity contribution in [2.45, 2.75) is 38.6 Å². The Kier molecular flexibility index (Phi) is 3.22. The van der Waals surface area contributed by atoms with Gasteiger partial charge in [0, 0.05) is 0 Å². The monoisotopic (exact) mass is 237 g/mol. The minimum atomic E-state index is -1.13. The maximum atomic E-state index is 11.8. The number of rotatable bonds is 5. The van der Waals surface area contributed by atoms with Crippen LogP contribution in [0.25, 0.3) is 0 Å². The maximum Gasteiger partial charge on any atom is 0.405 e. The van der Waals surface area contributed by atoms with Crippen LogP contribution >= 0.6 is 0 Å². The number of carboxylic acid groups (broad SMARTS) is 1. The van der Waals surface area contributed by atoms with Crippen LogP contribution < -0.4 is 5.32 Å². The van der Waals surface area contributed by atoms with Gasteiger partial charge in [-0.3, -0.25) is 4.79 Å². The van der Waals surface area contributed by atoms with E-state index in [1.54, 1.807) is 6.92 Å². The predicted octanol–water partition coefficient (Wildman–Crippen LogP) is 2.20. The third-order valence-corrected chi connectivity index (χ3v) is 3.95. The van der Waals surface area contributed by atoms with Gasteiger partial charge in [-0.05, 0) is 55.9 Å². The molecule has 1 unspecified atom stereocenters. The highest BCUT2D eigenvalue weighted by atomic mass is 16.4. The van der Waals surface area contributed by atoms with Crippen LogP contribution in [-0.4, -0.2) is 23.0 Å². The molecule has 2 N–H and O–H groups in total. The molecule has 0 heterocycles. The number of fused-ring (bicyclic) bond motifs is 1.